The lowest BCUT2D eigenvalue weighted by molar-refractivity contribution is -0.384. The molecule has 2 aromatic rings. The van der Waals surface area contributed by atoms with Crippen LogP contribution >= 0.6 is 34.8 Å². The van der Waals surface area contributed by atoms with Gasteiger partial charge in [0.05, 0.1) is 26.6 Å². The van der Waals surface area contributed by atoms with Crippen LogP contribution in [0.4, 0.5) is 22.7 Å². The summed E-state index contributed by atoms with van der Waals surface area (Å²) < 4.78 is 10.2. The van der Waals surface area contributed by atoms with Crippen molar-refractivity contribution in [2.45, 2.75) is 0 Å². The summed E-state index contributed by atoms with van der Waals surface area (Å²) in [4.78, 5) is 19.9. The average molecular weight is 468 g/mol. The molecule has 2 aromatic carbocycles. The number of nitro benzene ring substituents is 2. The van der Waals surface area contributed by atoms with Crippen molar-refractivity contribution in [3.8, 4) is 11.5 Å². The smallest absolute Gasteiger partial charge is 0.297 e. The zero-order valence-electron chi connectivity index (χ0n) is 14.8. The highest BCUT2D eigenvalue weighted by Gasteiger charge is 2.17. The van der Waals surface area contributed by atoms with E-state index < -0.39 is 9.85 Å². The molecule has 0 atom stereocenters. The van der Waals surface area contributed by atoms with Crippen molar-refractivity contribution < 1.29 is 19.3 Å². The summed E-state index contributed by atoms with van der Waals surface area (Å²) >= 11 is 16.5. The second-order valence-corrected chi connectivity index (χ2v) is 6.31. The maximum atomic E-state index is 10.6. The Kier molecular flexibility index (Phi) is 10.1. The van der Waals surface area contributed by atoms with Crippen LogP contribution in [0.1, 0.15) is 0 Å². The molecular weight excluding hydrogens is 451 g/mol. The predicted octanol–water partition coefficient (Wildman–Crippen LogP) is 4.24. The number of benzene rings is 2. The average Bonchev–Trinajstić information content (AvgIpc) is 2.67. The number of anilines is 2. The van der Waals surface area contributed by atoms with Gasteiger partial charge in [0.1, 0.15) is 19.0 Å². The molecule has 29 heavy (non-hydrogen) atoms. The lowest BCUT2D eigenvalue weighted by Crippen LogP contribution is -2.03. The number of para-hydroxylation sites is 1. The summed E-state index contributed by atoms with van der Waals surface area (Å²) in [5, 5.41) is 21.3. The van der Waals surface area contributed by atoms with Gasteiger partial charge in [-0.05, 0) is 6.07 Å². The largest absolute Gasteiger partial charge is 0.490 e. The Balaban J connectivity index is 0.000000291. The summed E-state index contributed by atoms with van der Waals surface area (Å²) in [5.74, 6) is 1.04. The third kappa shape index (κ3) is 7.33. The molecule has 0 aliphatic rings. The monoisotopic (exact) mass is 466 g/mol. The quantitative estimate of drug-likeness (QED) is 0.252. The molecule has 0 aliphatic heterocycles. The van der Waals surface area contributed by atoms with E-state index in [1.807, 2.05) is 0 Å². The maximum absolute atomic E-state index is 10.6. The van der Waals surface area contributed by atoms with E-state index in [0.29, 0.717) is 11.6 Å². The van der Waals surface area contributed by atoms with Crippen LogP contribution < -0.4 is 20.9 Å². The fourth-order valence-corrected chi connectivity index (χ4v) is 2.32. The van der Waals surface area contributed by atoms with Crippen LogP contribution in [0.15, 0.2) is 30.3 Å². The van der Waals surface area contributed by atoms with Gasteiger partial charge in [-0.1, -0.05) is 17.7 Å². The number of halogens is 3. The Morgan fingerprint density at radius 2 is 1.38 bits per heavy atom. The minimum absolute atomic E-state index is 0.0302. The van der Waals surface area contributed by atoms with Gasteiger partial charge < -0.3 is 20.9 Å². The van der Waals surface area contributed by atoms with Crippen molar-refractivity contribution >= 4 is 57.6 Å². The third-order valence-corrected chi connectivity index (χ3v) is 3.72. The highest BCUT2D eigenvalue weighted by molar-refractivity contribution is 6.31. The highest BCUT2D eigenvalue weighted by atomic mass is 35.5. The van der Waals surface area contributed by atoms with Gasteiger partial charge in [-0.2, -0.15) is 0 Å². The number of ether oxygens (including phenoxy) is 2. The molecule has 0 fully saturated rings. The van der Waals surface area contributed by atoms with Crippen LogP contribution in [0.25, 0.3) is 0 Å². The first kappa shape index (κ1) is 24.3. The number of nitro groups is 2. The van der Waals surface area contributed by atoms with Crippen LogP contribution in [0.3, 0.4) is 0 Å². The second-order valence-electron chi connectivity index (χ2n) is 5.11. The number of hydrogen-bond acceptors (Lipinski definition) is 8. The van der Waals surface area contributed by atoms with Crippen molar-refractivity contribution in [2.75, 3.05) is 36.4 Å². The van der Waals surface area contributed by atoms with Crippen molar-refractivity contribution in [2.24, 2.45) is 0 Å². The Labute approximate surface area is 180 Å². The first-order valence-electron chi connectivity index (χ1n) is 7.86. The molecule has 2 rings (SSSR count). The molecule has 0 saturated heterocycles. The first-order valence-corrected chi connectivity index (χ1v) is 9.31. The SMILES string of the molecule is Nc1c(OCCCl)cc(Cl)cc1[N+](=O)[O-].Nc1c(OCCCl)cccc1[N+](=O)[O-]. The van der Waals surface area contributed by atoms with E-state index in [9.17, 15) is 20.2 Å². The number of nitrogens with two attached hydrogens (primary N) is 2. The van der Waals surface area contributed by atoms with Crippen LogP contribution in [0, 0.1) is 20.2 Å². The van der Waals surface area contributed by atoms with E-state index in [1.54, 1.807) is 6.07 Å². The highest BCUT2D eigenvalue weighted by Crippen LogP contribution is 2.35. The molecule has 0 aliphatic carbocycles. The van der Waals surface area contributed by atoms with Crippen LogP contribution in [0.2, 0.25) is 5.02 Å². The van der Waals surface area contributed by atoms with Crippen molar-refractivity contribution in [3.05, 3.63) is 55.6 Å². The number of rotatable bonds is 8. The van der Waals surface area contributed by atoms with Gasteiger partial charge in [-0.25, -0.2) is 0 Å². The van der Waals surface area contributed by atoms with Crippen LogP contribution in [-0.2, 0) is 0 Å². The fraction of sp³-hybridized carbons (Fsp3) is 0.250. The van der Waals surface area contributed by atoms with E-state index in [1.165, 1.54) is 24.3 Å². The molecule has 0 spiro atoms. The van der Waals surface area contributed by atoms with Gasteiger partial charge in [-0.15, -0.1) is 23.2 Å². The van der Waals surface area contributed by atoms with E-state index in [-0.39, 0.29) is 52.6 Å². The van der Waals surface area contributed by atoms with Gasteiger partial charge in [0.25, 0.3) is 11.4 Å². The molecule has 0 saturated carbocycles. The standard InChI is InChI=1S/C8H8Cl2N2O3.C8H9ClN2O3/c9-1-2-15-7-4-5(10)3-6(8(7)11)12(13)14;9-4-5-14-7-3-1-2-6(8(7)10)11(12)13/h3-4H,1-2,11H2;1-3H,4-5,10H2. The van der Waals surface area contributed by atoms with E-state index >= 15 is 0 Å². The van der Waals surface area contributed by atoms with Crippen molar-refractivity contribution in [3.63, 3.8) is 0 Å². The molecule has 13 heteroatoms. The van der Waals surface area contributed by atoms with Crippen LogP contribution in [0.5, 0.6) is 11.5 Å². The number of nitrogens with zero attached hydrogens (tertiary/aromatic N) is 2. The molecule has 0 radical (unpaired) electrons. The zero-order valence-corrected chi connectivity index (χ0v) is 17.1. The van der Waals surface area contributed by atoms with Crippen LogP contribution in [-0.4, -0.2) is 34.8 Å². The van der Waals surface area contributed by atoms with Gasteiger partial charge >= 0.3 is 0 Å². The van der Waals surface area contributed by atoms with E-state index in [4.69, 9.17) is 55.7 Å². The van der Waals surface area contributed by atoms with Crippen molar-refractivity contribution in [1.82, 2.24) is 0 Å². The summed E-state index contributed by atoms with van der Waals surface area (Å²) in [6.45, 7) is 0.482. The molecule has 0 unspecified atom stereocenters. The predicted molar refractivity (Wildman–Crippen MR) is 112 cm³/mol. The third-order valence-electron chi connectivity index (χ3n) is 3.19. The van der Waals surface area contributed by atoms with Gasteiger partial charge in [0.15, 0.2) is 17.1 Å². The normalized spacial score (nSPS) is 9.90. The molecular formula is C16H17Cl3N4O6. The summed E-state index contributed by atoms with van der Waals surface area (Å²) in [5.41, 5.74) is 10.6. The minimum Gasteiger partial charge on any atom is -0.490 e. The van der Waals surface area contributed by atoms with Gasteiger partial charge in [-0.3, -0.25) is 20.2 Å². The topological polar surface area (TPSA) is 157 Å². The lowest BCUT2D eigenvalue weighted by atomic mass is 10.2. The van der Waals surface area contributed by atoms with E-state index in [2.05, 4.69) is 0 Å². The van der Waals surface area contributed by atoms with E-state index in [0.717, 1.165) is 0 Å². The second kappa shape index (κ2) is 12.0. The number of hydrogen-bond donors (Lipinski definition) is 2. The Bertz CT molecular complexity index is 869. The number of nitrogen functional groups attached to an aromatic ring is 2. The molecule has 0 bridgehead atoms. The molecule has 0 amide bonds. The fourth-order valence-electron chi connectivity index (χ4n) is 1.96. The van der Waals surface area contributed by atoms with Gasteiger partial charge in [0.2, 0.25) is 0 Å². The lowest BCUT2D eigenvalue weighted by Gasteiger charge is -2.07. The molecule has 0 heterocycles. The summed E-state index contributed by atoms with van der Waals surface area (Å²) in [6.07, 6.45) is 0. The Hall–Kier alpha value is -2.69. The minimum atomic E-state index is -0.616. The zero-order chi connectivity index (χ0) is 22.0. The van der Waals surface area contributed by atoms with Gasteiger partial charge in [0, 0.05) is 18.2 Å². The molecule has 10 nitrogen and oxygen atoms in total. The Morgan fingerprint density at radius 1 is 0.862 bits per heavy atom. The first-order chi connectivity index (χ1) is 13.7. The molecule has 4 N–H and O–H groups in total. The van der Waals surface area contributed by atoms with Crippen molar-refractivity contribution in [1.29, 1.82) is 0 Å². The molecule has 0 aromatic heterocycles. The summed E-state index contributed by atoms with van der Waals surface area (Å²) in [6, 6.07) is 6.98. The summed E-state index contributed by atoms with van der Waals surface area (Å²) in [7, 11) is 0. The number of alkyl halides is 2. The Morgan fingerprint density at radius 3 is 1.90 bits per heavy atom. The molecule has 158 valence electrons. The maximum Gasteiger partial charge on any atom is 0.297 e.